The van der Waals surface area contributed by atoms with E-state index in [0.29, 0.717) is 38.3 Å². The normalized spacial score (nSPS) is 14.8. The van der Waals surface area contributed by atoms with Gasteiger partial charge < -0.3 is 9.47 Å². The van der Waals surface area contributed by atoms with Gasteiger partial charge in [0.05, 0.1) is 33.9 Å². The summed E-state index contributed by atoms with van der Waals surface area (Å²) >= 11 is 4.73. The Morgan fingerprint density at radius 2 is 1.88 bits per heavy atom. The van der Waals surface area contributed by atoms with Crippen molar-refractivity contribution in [2.24, 2.45) is 4.99 Å². The molecule has 0 saturated carbocycles. The predicted molar refractivity (Wildman–Crippen MR) is 158 cm³/mol. The molecule has 208 valence electrons. The summed E-state index contributed by atoms with van der Waals surface area (Å²) in [6.07, 6.45) is 2.24. The van der Waals surface area contributed by atoms with Gasteiger partial charge in [0.25, 0.3) is 11.2 Å². The highest BCUT2D eigenvalue weighted by Crippen LogP contribution is 2.32. The lowest BCUT2D eigenvalue weighted by Crippen LogP contribution is -2.40. The molecule has 5 rings (SSSR count). The van der Waals surface area contributed by atoms with Crippen molar-refractivity contribution in [3.8, 4) is 5.75 Å². The average molecular weight is 635 g/mol. The molecule has 1 aliphatic rings. The van der Waals surface area contributed by atoms with Crippen molar-refractivity contribution in [3.63, 3.8) is 0 Å². The number of nitrogens with zero attached hydrogens (tertiary/aromatic N) is 3. The minimum Gasteiger partial charge on any atom is -0.488 e. The number of aromatic nitrogens is 1. The number of halogens is 1. The summed E-state index contributed by atoms with van der Waals surface area (Å²) in [5.41, 5.74) is 2.82. The number of hydrogen-bond donors (Lipinski definition) is 0. The molecule has 9 nitrogen and oxygen atoms in total. The van der Waals surface area contributed by atoms with Crippen LogP contribution in [0.15, 0.2) is 98.3 Å². The van der Waals surface area contributed by atoms with Crippen LogP contribution >= 0.6 is 27.3 Å². The van der Waals surface area contributed by atoms with Crippen molar-refractivity contribution in [3.05, 3.63) is 135 Å². The third-order valence-electron chi connectivity index (χ3n) is 6.57. The molecule has 0 unspecified atom stereocenters. The quantitative estimate of drug-likeness (QED) is 0.152. The van der Waals surface area contributed by atoms with Crippen molar-refractivity contribution in [1.82, 2.24) is 4.57 Å². The lowest BCUT2D eigenvalue weighted by Gasteiger charge is -2.25. The highest BCUT2D eigenvalue weighted by atomic mass is 79.9. The van der Waals surface area contributed by atoms with Gasteiger partial charge in [0.2, 0.25) is 0 Å². The number of benzene rings is 3. The topological polar surface area (TPSA) is 113 Å². The van der Waals surface area contributed by atoms with Crippen LogP contribution in [0.3, 0.4) is 0 Å². The van der Waals surface area contributed by atoms with E-state index in [9.17, 15) is 19.7 Å². The van der Waals surface area contributed by atoms with E-state index in [0.717, 1.165) is 15.6 Å². The fraction of sp³-hybridized carbons (Fsp3) is 0.167. The number of fused-ring (bicyclic) bond motifs is 1. The third-order valence-corrected chi connectivity index (χ3v) is 8.04. The van der Waals surface area contributed by atoms with E-state index < -0.39 is 16.9 Å². The van der Waals surface area contributed by atoms with E-state index in [1.54, 1.807) is 28.8 Å². The molecule has 1 aromatic heterocycles. The predicted octanol–water partition coefficient (Wildman–Crippen LogP) is 5.05. The van der Waals surface area contributed by atoms with Crippen LogP contribution in [-0.4, -0.2) is 22.6 Å². The lowest BCUT2D eigenvalue weighted by molar-refractivity contribution is -0.384. The van der Waals surface area contributed by atoms with Crippen LogP contribution in [0.25, 0.3) is 6.08 Å². The van der Waals surface area contributed by atoms with Crippen LogP contribution in [0.5, 0.6) is 5.75 Å². The smallest absolute Gasteiger partial charge is 0.338 e. The number of ether oxygens (including phenoxy) is 2. The molecule has 3 aromatic carbocycles. The molecule has 0 N–H and O–H groups in total. The molecular formula is C30H24BrN3O6S. The van der Waals surface area contributed by atoms with E-state index in [1.165, 1.54) is 30.6 Å². The number of carbonyl (C=O) groups is 1. The van der Waals surface area contributed by atoms with Crippen molar-refractivity contribution < 1.29 is 19.2 Å². The molecule has 0 aliphatic carbocycles. The number of thiazole rings is 1. The highest BCUT2D eigenvalue weighted by molar-refractivity contribution is 9.10. The van der Waals surface area contributed by atoms with E-state index in [4.69, 9.17) is 14.5 Å². The summed E-state index contributed by atoms with van der Waals surface area (Å²) in [5, 5.41) is 11.0. The van der Waals surface area contributed by atoms with Crippen molar-refractivity contribution >= 4 is 45.0 Å². The van der Waals surface area contributed by atoms with Gasteiger partial charge in [0.1, 0.15) is 12.4 Å². The first-order valence-electron chi connectivity index (χ1n) is 12.6. The minimum atomic E-state index is -0.683. The van der Waals surface area contributed by atoms with Gasteiger partial charge in [-0.3, -0.25) is 19.5 Å². The second-order valence-corrected chi connectivity index (χ2v) is 11.0. The van der Waals surface area contributed by atoms with Gasteiger partial charge in [0.15, 0.2) is 4.80 Å². The molecule has 4 aromatic rings. The number of rotatable bonds is 8. The zero-order chi connectivity index (χ0) is 29.1. The second-order valence-electron chi connectivity index (χ2n) is 9.09. The minimum absolute atomic E-state index is 0.00356. The highest BCUT2D eigenvalue weighted by Gasteiger charge is 2.33. The van der Waals surface area contributed by atoms with Gasteiger partial charge in [-0.25, -0.2) is 9.79 Å². The number of allylic oxidation sites excluding steroid dienone is 1. The van der Waals surface area contributed by atoms with Crippen molar-refractivity contribution in [2.75, 3.05) is 7.11 Å². The van der Waals surface area contributed by atoms with Crippen LogP contribution in [0.2, 0.25) is 0 Å². The Balaban J connectivity index is 1.59. The number of methoxy groups -OCH3 is 1. The van der Waals surface area contributed by atoms with Gasteiger partial charge >= 0.3 is 5.97 Å². The van der Waals surface area contributed by atoms with Crippen LogP contribution in [0.4, 0.5) is 5.69 Å². The molecule has 0 radical (unpaired) electrons. The largest absolute Gasteiger partial charge is 0.488 e. The number of non-ortho nitro benzene ring substituents is 1. The van der Waals surface area contributed by atoms with Crippen molar-refractivity contribution in [2.45, 2.75) is 26.0 Å². The monoisotopic (exact) mass is 633 g/mol. The first-order chi connectivity index (χ1) is 19.8. The number of hydrogen-bond acceptors (Lipinski definition) is 8. The maximum absolute atomic E-state index is 13.9. The number of esters is 1. The molecule has 41 heavy (non-hydrogen) atoms. The zero-order valence-corrected chi connectivity index (χ0v) is 24.5. The molecular weight excluding hydrogens is 610 g/mol. The maximum atomic E-state index is 13.9. The molecule has 0 fully saturated rings. The molecule has 0 saturated heterocycles. The molecule has 11 heteroatoms. The van der Waals surface area contributed by atoms with E-state index >= 15 is 0 Å². The lowest BCUT2D eigenvalue weighted by atomic mass is 9.95. The fourth-order valence-electron chi connectivity index (χ4n) is 4.59. The SMILES string of the molecule is CCC1=C(C(=O)OC)[C@@H](c2ccccc2)n2c(s/c(=C\c3cc(Br)ccc3OCc3ccc([N+](=O)[O-])cc3)c2=O)=N1. The van der Waals surface area contributed by atoms with Crippen LogP contribution in [0.1, 0.15) is 36.1 Å². The van der Waals surface area contributed by atoms with Crippen LogP contribution < -0.4 is 19.6 Å². The molecule has 0 amide bonds. The summed E-state index contributed by atoms with van der Waals surface area (Å²) in [6.45, 7) is 2.09. The second kappa shape index (κ2) is 12.0. The van der Waals surface area contributed by atoms with Crippen LogP contribution in [0, 0.1) is 10.1 Å². The average Bonchev–Trinajstić information content (AvgIpc) is 3.30. The fourth-order valence-corrected chi connectivity index (χ4v) is 5.98. The Hall–Kier alpha value is -4.35. The molecule has 1 aliphatic heterocycles. The Morgan fingerprint density at radius 1 is 1.15 bits per heavy atom. The van der Waals surface area contributed by atoms with E-state index in [-0.39, 0.29) is 17.9 Å². The molecule has 0 bridgehead atoms. The summed E-state index contributed by atoms with van der Waals surface area (Å²) in [5.74, 6) is 0.00384. The van der Waals surface area contributed by atoms with Gasteiger partial charge in [-0.15, -0.1) is 0 Å². The molecule has 1 atom stereocenters. The van der Waals surface area contributed by atoms with Gasteiger partial charge in [-0.2, -0.15) is 0 Å². The Bertz CT molecular complexity index is 1850. The van der Waals surface area contributed by atoms with Gasteiger partial charge in [-0.1, -0.05) is 64.5 Å². The first-order valence-corrected chi connectivity index (χ1v) is 14.3. The van der Waals surface area contributed by atoms with Crippen molar-refractivity contribution in [1.29, 1.82) is 0 Å². The Labute approximate surface area is 247 Å². The van der Waals surface area contributed by atoms with Gasteiger partial charge in [-0.05, 0) is 54.0 Å². The number of nitro benzene ring substituents is 1. The Kier molecular flexibility index (Phi) is 8.27. The van der Waals surface area contributed by atoms with Crippen LogP contribution in [-0.2, 0) is 16.1 Å². The molecule has 2 heterocycles. The van der Waals surface area contributed by atoms with E-state index in [1.807, 2.05) is 49.4 Å². The molecule has 0 spiro atoms. The first kappa shape index (κ1) is 28.2. The van der Waals surface area contributed by atoms with E-state index in [2.05, 4.69) is 15.9 Å². The zero-order valence-electron chi connectivity index (χ0n) is 22.1. The summed E-state index contributed by atoms with van der Waals surface area (Å²) in [6, 6.07) is 20.3. The maximum Gasteiger partial charge on any atom is 0.338 e. The summed E-state index contributed by atoms with van der Waals surface area (Å²) in [7, 11) is 1.32. The number of nitro groups is 1. The summed E-state index contributed by atoms with van der Waals surface area (Å²) in [4.78, 5) is 42.6. The standard InChI is InChI=1S/C30H24BrN3O6S/c1-3-23-26(29(36)39-2)27(19-7-5-4-6-8-19)33-28(35)25(41-30(33)32-23)16-20-15-21(31)11-14-24(20)40-17-18-9-12-22(13-10-18)34(37)38/h4-16,27H,3,17H2,1-2H3/b25-16-/t27-/m1/s1. The summed E-state index contributed by atoms with van der Waals surface area (Å²) < 4.78 is 13.9. The van der Waals surface area contributed by atoms with Gasteiger partial charge in [0, 0.05) is 22.2 Å². The third kappa shape index (κ3) is 5.77. The number of carbonyl (C=O) groups excluding carboxylic acids is 1. The Morgan fingerprint density at radius 3 is 2.54 bits per heavy atom.